The number of hydrogen-bond acceptors (Lipinski definition) is 7. The van der Waals surface area contributed by atoms with Crippen molar-refractivity contribution in [3.8, 4) is 0 Å². The molecule has 3 N–H and O–H groups in total. The van der Waals surface area contributed by atoms with Gasteiger partial charge in [-0.3, -0.25) is 13.8 Å². The van der Waals surface area contributed by atoms with Crippen molar-refractivity contribution in [3.05, 3.63) is 60.8 Å². The third-order valence-corrected chi connectivity index (χ3v) is 7.22. The van der Waals surface area contributed by atoms with Gasteiger partial charge in [-0.1, -0.05) is 126 Å². The molecule has 43 heavy (non-hydrogen) atoms. The first-order valence-corrected chi connectivity index (χ1v) is 17.8. The largest absolute Gasteiger partial charge is 0.472 e. The highest BCUT2D eigenvalue weighted by Crippen LogP contribution is 2.43. The van der Waals surface area contributed by atoms with Crippen LogP contribution in [0.1, 0.15) is 110 Å². The number of carbonyl (C=O) groups excluding carboxylic acids is 1. The molecule has 0 aromatic carbocycles. The minimum absolute atomic E-state index is 0.0747. The summed E-state index contributed by atoms with van der Waals surface area (Å²) in [6, 6.07) is 0. The van der Waals surface area contributed by atoms with Gasteiger partial charge in [0.2, 0.25) is 0 Å². The Kier molecular flexibility index (Phi) is 30.3. The van der Waals surface area contributed by atoms with Crippen molar-refractivity contribution in [2.45, 2.75) is 116 Å². The maximum Gasteiger partial charge on any atom is 0.472 e. The van der Waals surface area contributed by atoms with Crippen molar-refractivity contribution < 1.29 is 32.8 Å². The monoisotopic (exact) mass is 625 g/mol. The quantitative estimate of drug-likeness (QED) is 0.0352. The normalized spacial score (nSPS) is 14.6. The van der Waals surface area contributed by atoms with E-state index in [9.17, 15) is 14.3 Å². The Morgan fingerprint density at radius 2 is 1.21 bits per heavy atom. The molecular formula is C34H60NO7P. The fraction of sp³-hybridized carbons (Fsp3) is 0.676. The second-order valence-corrected chi connectivity index (χ2v) is 11.8. The maximum atomic E-state index is 12.4. The SMILES string of the molecule is CC/C=C\C/C=C\C/C=C\C/C=C\C/C=C\CC(=O)OC(COCCCCCCCCCCC)COP(=O)(O)OCCN. The molecule has 0 rings (SSSR count). The van der Waals surface area contributed by atoms with Crippen LogP contribution in [0.2, 0.25) is 0 Å². The predicted octanol–water partition coefficient (Wildman–Crippen LogP) is 8.68. The van der Waals surface area contributed by atoms with Gasteiger partial charge in [-0.25, -0.2) is 4.57 Å². The summed E-state index contributed by atoms with van der Waals surface area (Å²) in [6.45, 7) is 4.62. The lowest BCUT2D eigenvalue weighted by atomic mass is 10.1. The lowest BCUT2D eigenvalue weighted by Crippen LogP contribution is -2.28. The first kappa shape index (κ1) is 41.2. The van der Waals surface area contributed by atoms with Crippen molar-refractivity contribution in [1.29, 1.82) is 0 Å². The van der Waals surface area contributed by atoms with Crippen LogP contribution in [0.3, 0.4) is 0 Å². The molecule has 0 heterocycles. The molecule has 0 spiro atoms. The number of esters is 1. The van der Waals surface area contributed by atoms with Gasteiger partial charge in [0.05, 0.1) is 26.2 Å². The van der Waals surface area contributed by atoms with E-state index in [1.165, 1.54) is 44.9 Å². The molecule has 248 valence electrons. The number of phosphoric ester groups is 1. The molecule has 8 nitrogen and oxygen atoms in total. The van der Waals surface area contributed by atoms with E-state index in [1.54, 1.807) is 6.08 Å². The third-order valence-electron chi connectivity index (χ3n) is 6.23. The van der Waals surface area contributed by atoms with Crippen LogP contribution in [0.4, 0.5) is 0 Å². The van der Waals surface area contributed by atoms with E-state index in [-0.39, 0.29) is 32.8 Å². The number of hydrogen-bond donors (Lipinski definition) is 2. The molecule has 0 amide bonds. The summed E-state index contributed by atoms with van der Waals surface area (Å²) < 4.78 is 33.0. The van der Waals surface area contributed by atoms with Crippen molar-refractivity contribution in [3.63, 3.8) is 0 Å². The van der Waals surface area contributed by atoms with Crippen LogP contribution < -0.4 is 5.73 Å². The van der Waals surface area contributed by atoms with Gasteiger partial charge < -0.3 is 20.1 Å². The summed E-state index contributed by atoms with van der Waals surface area (Å²) in [4.78, 5) is 22.2. The van der Waals surface area contributed by atoms with Crippen molar-refractivity contribution >= 4 is 13.8 Å². The van der Waals surface area contributed by atoms with Crippen LogP contribution in [-0.2, 0) is 27.9 Å². The fourth-order valence-electron chi connectivity index (χ4n) is 3.89. The topological polar surface area (TPSA) is 117 Å². The summed E-state index contributed by atoms with van der Waals surface area (Å²) >= 11 is 0. The molecule has 0 aliphatic carbocycles. The van der Waals surface area contributed by atoms with Gasteiger partial charge in [0, 0.05) is 13.2 Å². The number of allylic oxidation sites excluding steroid dienone is 9. The number of ether oxygens (including phenoxy) is 2. The highest BCUT2D eigenvalue weighted by atomic mass is 31.2. The van der Waals surface area contributed by atoms with E-state index in [1.807, 2.05) is 6.08 Å². The molecule has 0 bridgehead atoms. The van der Waals surface area contributed by atoms with Gasteiger partial charge in [0.25, 0.3) is 0 Å². The molecule has 0 aliphatic rings. The molecule has 2 unspecified atom stereocenters. The number of rotatable bonds is 30. The highest BCUT2D eigenvalue weighted by Gasteiger charge is 2.25. The summed E-state index contributed by atoms with van der Waals surface area (Å²) in [7, 11) is -4.29. The van der Waals surface area contributed by atoms with E-state index in [0.717, 1.165) is 38.5 Å². The number of unbranched alkanes of at least 4 members (excludes halogenated alkanes) is 8. The molecule has 0 saturated carbocycles. The van der Waals surface area contributed by atoms with Crippen LogP contribution in [0.5, 0.6) is 0 Å². The molecule has 0 radical (unpaired) electrons. The second kappa shape index (κ2) is 31.6. The minimum Gasteiger partial charge on any atom is -0.457 e. The average molecular weight is 626 g/mol. The first-order valence-electron chi connectivity index (χ1n) is 16.3. The number of phosphoric acid groups is 1. The third kappa shape index (κ3) is 31.4. The van der Waals surface area contributed by atoms with Gasteiger partial charge in [0.1, 0.15) is 6.10 Å². The predicted molar refractivity (Wildman–Crippen MR) is 178 cm³/mol. The fourth-order valence-corrected chi connectivity index (χ4v) is 4.66. The lowest BCUT2D eigenvalue weighted by Gasteiger charge is -2.19. The Hall–Kier alpha value is -1.80. The van der Waals surface area contributed by atoms with Gasteiger partial charge >= 0.3 is 13.8 Å². The molecular weight excluding hydrogens is 565 g/mol. The molecule has 9 heteroatoms. The van der Waals surface area contributed by atoms with E-state index in [4.69, 9.17) is 24.3 Å². The van der Waals surface area contributed by atoms with Crippen molar-refractivity contribution in [2.24, 2.45) is 5.73 Å². The van der Waals surface area contributed by atoms with Crippen LogP contribution in [0, 0.1) is 0 Å². The van der Waals surface area contributed by atoms with Gasteiger partial charge in [-0.15, -0.1) is 0 Å². The zero-order valence-corrected chi connectivity index (χ0v) is 27.8. The molecule has 0 saturated heterocycles. The number of carbonyl (C=O) groups is 1. The summed E-state index contributed by atoms with van der Waals surface area (Å²) in [6.07, 6.45) is 35.5. The Balaban J connectivity index is 4.35. The van der Waals surface area contributed by atoms with E-state index < -0.39 is 19.9 Å². The van der Waals surface area contributed by atoms with Crippen molar-refractivity contribution in [2.75, 3.05) is 33.0 Å². The van der Waals surface area contributed by atoms with Gasteiger partial charge in [-0.05, 0) is 38.5 Å². The van der Waals surface area contributed by atoms with Gasteiger partial charge in [0.15, 0.2) is 0 Å². The highest BCUT2D eigenvalue weighted by molar-refractivity contribution is 7.47. The average Bonchev–Trinajstić information content (AvgIpc) is 2.99. The summed E-state index contributed by atoms with van der Waals surface area (Å²) in [5.74, 6) is -0.461. The minimum atomic E-state index is -4.29. The van der Waals surface area contributed by atoms with E-state index in [0.29, 0.717) is 13.0 Å². The smallest absolute Gasteiger partial charge is 0.457 e. The lowest BCUT2D eigenvalue weighted by molar-refractivity contribution is -0.153. The Labute approximate surface area is 262 Å². The van der Waals surface area contributed by atoms with Crippen LogP contribution >= 0.6 is 7.82 Å². The van der Waals surface area contributed by atoms with Crippen LogP contribution in [0.25, 0.3) is 0 Å². The maximum absolute atomic E-state index is 12.4. The Morgan fingerprint density at radius 1 is 0.698 bits per heavy atom. The number of nitrogens with two attached hydrogens (primary N) is 1. The van der Waals surface area contributed by atoms with E-state index >= 15 is 0 Å². The standard InChI is InChI=1S/C34H60NO7P/c1-3-5-7-9-11-13-14-15-16-17-18-19-21-23-25-27-34(36)42-33(32-41-43(37,38)40-30-28-35)31-39-29-26-24-22-20-12-10-8-6-4-2/h5,7,11,13,15-16,18-19,23,25,33H,3-4,6,8-10,12,14,17,20-22,24,26-32,35H2,1-2H3,(H,37,38)/b7-5-,13-11-,16-15-,19-18-,25-23-. The Morgan fingerprint density at radius 3 is 1.74 bits per heavy atom. The summed E-state index contributed by atoms with van der Waals surface area (Å²) in [5, 5.41) is 0. The van der Waals surface area contributed by atoms with Crippen molar-refractivity contribution in [1.82, 2.24) is 0 Å². The van der Waals surface area contributed by atoms with E-state index in [2.05, 4.69) is 62.5 Å². The van der Waals surface area contributed by atoms with Crippen LogP contribution in [-0.4, -0.2) is 49.9 Å². The van der Waals surface area contributed by atoms with Gasteiger partial charge in [-0.2, -0.15) is 0 Å². The molecule has 0 aliphatic heterocycles. The van der Waals surface area contributed by atoms with Crippen LogP contribution in [0.15, 0.2) is 60.8 Å². The summed E-state index contributed by atoms with van der Waals surface area (Å²) in [5.41, 5.74) is 5.32. The second-order valence-electron chi connectivity index (χ2n) is 10.3. The first-order chi connectivity index (χ1) is 20.9. The Bertz CT molecular complexity index is 839. The molecule has 0 fully saturated rings. The zero-order chi connectivity index (χ0) is 31.7. The zero-order valence-electron chi connectivity index (χ0n) is 26.9. The molecule has 0 aromatic heterocycles. The molecule has 2 atom stereocenters. The molecule has 0 aromatic rings.